The number of hydrogen-bond acceptors (Lipinski definition) is 1. The molecule has 0 radical (unpaired) electrons. The average molecular weight is 258 g/mol. The fourth-order valence-electron chi connectivity index (χ4n) is 2.17. The number of halogens is 1. The second-order valence-electron chi connectivity index (χ2n) is 4.45. The Hall–Kier alpha value is -2.16. The molecule has 2 aromatic rings. The SMILES string of the molecule is O=C(O)CCC(c1ccccc1)c1ccc(F)cc1. The minimum atomic E-state index is -0.817. The van der Waals surface area contributed by atoms with Gasteiger partial charge in [0, 0.05) is 12.3 Å². The van der Waals surface area contributed by atoms with Crippen LogP contribution in [0.25, 0.3) is 0 Å². The molecular formula is C16H15FO2. The fourth-order valence-corrected chi connectivity index (χ4v) is 2.17. The highest BCUT2D eigenvalue weighted by Crippen LogP contribution is 2.29. The molecule has 0 fully saturated rings. The maximum Gasteiger partial charge on any atom is 0.303 e. The monoisotopic (exact) mass is 258 g/mol. The standard InChI is InChI=1S/C16H15FO2/c17-14-8-6-13(7-9-14)15(10-11-16(18)19)12-4-2-1-3-5-12/h1-9,15H,10-11H2,(H,18,19). The molecule has 1 unspecified atom stereocenters. The summed E-state index contributed by atoms with van der Waals surface area (Å²) < 4.78 is 13.0. The van der Waals surface area contributed by atoms with E-state index in [1.807, 2.05) is 30.3 Å². The predicted molar refractivity (Wildman–Crippen MR) is 71.6 cm³/mol. The third kappa shape index (κ3) is 3.65. The summed E-state index contributed by atoms with van der Waals surface area (Å²) in [5.74, 6) is -1.12. The van der Waals surface area contributed by atoms with Gasteiger partial charge in [0.05, 0.1) is 0 Å². The summed E-state index contributed by atoms with van der Waals surface area (Å²) in [5.41, 5.74) is 1.99. The number of rotatable bonds is 5. The maximum atomic E-state index is 13.0. The largest absolute Gasteiger partial charge is 0.481 e. The van der Waals surface area contributed by atoms with E-state index in [9.17, 15) is 9.18 Å². The van der Waals surface area contributed by atoms with Gasteiger partial charge in [-0.3, -0.25) is 4.79 Å². The number of benzene rings is 2. The summed E-state index contributed by atoms with van der Waals surface area (Å²) in [6.45, 7) is 0. The van der Waals surface area contributed by atoms with Crippen LogP contribution < -0.4 is 0 Å². The van der Waals surface area contributed by atoms with E-state index < -0.39 is 5.97 Å². The first-order chi connectivity index (χ1) is 9.16. The van der Waals surface area contributed by atoms with Crippen LogP contribution in [0.1, 0.15) is 29.9 Å². The quantitative estimate of drug-likeness (QED) is 0.885. The Morgan fingerprint density at radius 2 is 1.58 bits per heavy atom. The first-order valence-corrected chi connectivity index (χ1v) is 6.19. The molecule has 0 saturated heterocycles. The molecule has 1 atom stereocenters. The smallest absolute Gasteiger partial charge is 0.303 e. The predicted octanol–water partition coefficient (Wildman–Crippen LogP) is 3.82. The van der Waals surface area contributed by atoms with Gasteiger partial charge in [0.1, 0.15) is 5.82 Å². The maximum absolute atomic E-state index is 13.0. The normalized spacial score (nSPS) is 12.1. The third-order valence-corrected chi connectivity index (χ3v) is 3.12. The summed E-state index contributed by atoms with van der Waals surface area (Å²) in [6, 6.07) is 16.0. The van der Waals surface area contributed by atoms with Gasteiger partial charge in [0.2, 0.25) is 0 Å². The van der Waals surface area contributed by atoms with Crippen LogP contribution in [0.5, 0.6) is 0 Å². The van der Waals surface area contributed by atoms with Crippen molar-refractivity contribution >= 4 is 5.97 Å². The molecule has 0 bridgehead atoms. The summed E-state index contributed by atoms with van der Waals surface area (Å²) in [6.07, 6.45) is 0.599. The van der Waals surface area contributed by atoms with Crippen molar-refractivity contribution in [3.63, 3.8) is 0 Å². The highest BCUT2D eigenvalue weighted by Gasteiger charge is 2.15. The molecule has 0 aromatic heterocycles. The Kier molecular flexibility index (Phi) is 4.29. The van der Waals surface area contributed by atoms with Crippen LogP contribution in [0.15, 0.2) is 54.6 Å². The van der Waals surface area contributed by atoms with E-state index in [1.165, 1.54) is 12.1 Å². The molecule has 2 nitrogen and oxygen atoms in total. The number of carbonyl (C=O) groups is 1. The van der Waals surface area contributed by atoms with Crippen molar-refractivity contribution in [1.82, 2.24) is 0 Å². The Morgan fingerprint density at radius 3 is 2.16 bits per heavy atom. The van der Waals surface area contributed by atoms with E-state index in [0.717, 1.165) is 11.1 Å². The second-order valence-corrected chi connectivity index (χ2v) is 4.45. The number of carboxylic acid groups (broad SMARTS) is 1. The van der Waals surface area contributed by atoms with E-state index in [1.54, 1.807) is 12.1 Å². The van der Waals surface area contributed by atoms with Crippen LogP contribution in [0.2, 0.25) is 0 Å². The molecule has 0 aliphatic carbocycles. The Labute approximate surface area is 111 Å². The molecule has 0 amide bonds. The lowest BCUT2D eigenvalue weighted by atomic mass is 9.87. The first-order valence-electron chi connectivity index (χ1n) is 6.19. The van der Waals surface area contributed by atoms with E-state index in [0.29, 0.717) is 6.42 Å². The lowest BCUT2D eigenvalue weighted by Gasteiger charge is -2.17. The van der Waals surface area contributed by atoms with Gasteiger partial charge in [-0.2, -0.15) is 0 Å². The van der Waals surface area contributed by atoms with E-state index in [2.05, 4.69) is 0 Å². The lowest BCUT2D eigenvalue weighted by molar-refractivity contribution is -0.137. The van der Waals surface area contributed by atoms with Gasteiger partial charge in [-0.25, -0.2) is 4.39 Å². The van der Waals surface area contributed by atoms with Gasteiger partial charge < -0.3 is 5.11 Å². The number of aliphatic carboxylic acids is 1. The number of hydrogen-bond donors (Lipinski definition) is 1. The summed E-state index contributed by atoms with van der Waals surface area (Å²) in [7, 11) is 0. The summed E-state index contributed by atoms with van der Waals surface area (Å²) >= 11 is 0. The molecule has 2 rings (SSSR count). The molecular weight excluding hydrogens is 243 g/mol. The van der Waals surface area contributed by atoms with Crippen molar-refractivity contribution in [2.75, 3.05) is 0 Å². The molecule has 0 aliphatic heterocycles. The molecule has 2 aromatic carbocycles. The van der Waals surface area contributed by atoms with Crippen molar-refractivity contribution in [2.24, 2.45) is 0 Å². The van der Waals surface area contributed by atoms with Crippen molar-refractivity contribution in [3.8, 4) is 0 Å². The molecule has 0 saturated carbocycles. The Morgan fingerprint density at radius 1 is 1.00 bits per heavy atom. The first kappa shape index (κ1) is 13.3. The van der Waals surface area contributed by atoms with Gasteiger partial charge in [-0.15, -0.1) is 0 Å². The van der Waals surface area contributed by atoms with E-state index in [4.69, 9.17) is 5.11 Å². The minimum Gasteiger partial charge on any atom is -0.481 e. The van der Waals surface area contributed by atoms with Crippen molar-refractivity contribution in [1.29, 1.82) is 0 Å². The van der Waals surface area contributed by atoms with Crippen LogP contribution in [-0.4, -0.2) is 11.1 Å². The zero-order valence-electron chi connectivity index (χ0n) is 10.4. The van der Waals surface area contributed by atoms with Crippen LogP contribution >= 0.6 is 0 Å². The Bertz CT molecular complexity index is 534. The van der Waals surface area contributed by atoms with Crippen LogP contribution in [0, 0.1) is 5.82 Å². The summed E-state index contributed by atoms with van der Waals surface area (Å²) in [5, 5.41) is 8.84. The molecule has 98 valence electrons. The van der Waals surface area contributed by atoms with Gasteiger partial charge in [-0.1, -0.05) is 42.5 Å². The minimum absolute atomic E-state index is 0.0158. The van der Waals surface area contributed by atoms with Crippen molar-refractivity contribution in [2.45, 2.75) is 18.8 Å². The second kappa shape index (κ2) is 6.14. The van der Waals surface area contributed by atoms with E-state index >= 15 is 0 Å². The van der Waals surface area contributed by atoms with Gasteiger partial charge in [0.15, 0.2) is 0 Å². The summed E-state index contributed by atoms with van der Waals surface area (Å²) in [4.78, 5) is 10.8. The zero-order chi connectivity index (χ0) is 13.7. The molecule has 19 heavy (non-hydrogen) atoms. The van der Waals surface area contributed by atoms with Gasteiger partial charge in [0.25, 0.3) is 0 Å². The van der Waals surface area contributed by atoms with Crippen LogP contribution in [-0.2, 0) is 4.79 Å². The molecule has 0 heterocycles. The van der Waals surface area contributed by atoms with Crippen LogP contribution in [0.3, 0.4) is 0 Å². The topological polar surface area (TPSA) is 37.3 Å². The molecule has 3 heteroatoms. The molecule has 0 spiro atoms. The van der Waals surface area contributed by atoms with Gasteiger partial charge in [-0.05, 0) is 29.7 Å². The van der Waals surface area contributed by atoms with Gasteiger partial charge >= 0.3 is 5.97 Å². The molecule has 0 aliphatic rings. The molecule has 1 N–H and O–H groups in total. The average Bonchev–Trinajstić information content (AvgIpc) is 2.42. The Balaban J connectivity index is 2.28. The third-order valence-electron chi connectivity index (χ3n) is 3.12. The highest BCUT2D eigenvalue weighted by atomic mass is 19.1. The van der Waals surface area contributed by atoms with E-state index in [-0.39, 0.29) is 18.2 Å². The number of carboxylic acids is 1. The fraction of sp³-hybridized carbons (Fsp3) is 0.188. The highest BCUT2D eigenvalue weighted by molar-refractivity contribution is 5.66. The van der Waals surface area contributed by atoms with Crippen molar-refractivity contribution in [3.05, 3.63) is 71.5 Å². The van der Waals surface area contributed by atoms with Crippen molar-refractivity contribution < 1.29 is 14.3 Å². The lowest BCUT2D eigenvalue weighted by Crippen LogP contribution is -2.05. The van der Waals surface area contributed by atoms with Crippen LogP contribution in [0.4, 0.5) is 4.39 Å². The zero-order valence-corrected chi connectivity index (χ0v) is 10.4.